The van der Waals surface area contributed by atoms with Crippen LogP contribution in [0.15, 0.2) is 18.3 Å². The summed E-state index contributed by atoms with van der Waals surface area (Å²) in [5, 5.41) is 0.143. The summed E-state index contributed by atoms with van der Waals surface area (Å²) < 4.78 is 0. The van der Waals surface area contributed by atoms with Crippen LogP contribution in [-0.4, -0.2) is 22.7 Å². The Balaban J connectivity index is 2.32. The maximum absolute atomic E-state index is 11.6. The minimum Gasteiger partial charge on any atom is -0.295 e. The lowest BCUT2D eigenvalue weighted by Crippen LogP contribution is -2.26. The molecule has 0 N–H and O–H groups in total. The first-order valence-electron chi connectivity index (χ1n) is 4.58. The minimum absolute atomic E-state index is 0.117. The molecule has 0 aliphatic carbocycles. The molecule has 1 aliphatic rings. The normalized spacial score (nSPS) is 21.7. The Hall–Kier alpha value is -1.03. The van der Waals surface area contributed by atoms with E-state index in [0.29, 0.717) is 13.0 Å². The number of carbonyl (C=O) groups excluding carboxylic acids is 1. The maximum Gasteiger partial charge on any atom is 0.229 e. The zero-order valence-electron chi connectivity index (χ0n) is 7.97. The van der Waals surface area contributed by atoms with E-state index in [1.165, 1.54) is 0 Å². The predicted molar refractivity (Wildman–Crippen MR) is 58.7 cm³/mol. The number of amides is 1. The summed E-state index contributed by atoms with van der Waals surface area (Å²) in [7, 11) is 0. The molecular formula is C10H12N2OS. The molecule has 1 aliphatic heterocycles. The maximum atomic E-state index is 11.6. The smallest absolute Gasteiger partial charge is 0.229 e. The number of thiol groups is 1. The number of nitrogens with zero attached hydrogens (tertiary/aromatic N) is 2. The van der Waals surface area contributed by atoms with Crippen LogP contribution in [0.4, 0.5) is 5.82 Å². The summed E-state index contributed by atoms with van der Waals surface area (Å²) in [6.45, 7) is 2.63. The largest absolute Gasteiger partial charge is 0.295 e. The van der Waals surface area contributed by atoms with Gasteiger partial charge >= 0.3 is 0 Å². The highest BCUT2D eigenvalue weighted by atomic mass is 32.1. The van der Waals surface area contributed by atoms with Crippen molar-refractivity contribution in [3.8, 4) is 0 Å². The van der Waals surface area contributed by atoms with Crippen molar-refractivity contribution in [1.29, 1.82) is 0 Å². The fraction of sp³-hybridized carbons (Fsp3) is 0.400. The van der Waals surface area contributed by atoms with Gasteiger partial charge in [0.05, 0.1) is 0 Å². The van der Waals surface area contributed by atoms with E-state index in [-0.39, 0.29) is 11.2 Å². The third-order valence-electron chi connectivity index (χ3n) is 2.34. The van der Waals surface area contributed by atoms with E-state index in [1.807, 2.05) is 19.1 Å². The summed E-state index contributed by atoms with van der Waals surface area (Å²) in [4.78, 5) is 17.5. The van der Waals surface area contributed by atoms with E-state index in [2.05, 4.69) is 17.6 Å². The van der Waals surface area contributed by atoms with Crippen LogP contribution in [0.25, 0.3) is 0 Å². The van der Waals surface area contributed by atoms with E-state index in [1.54, 1.807) is 11.1 Å². The van der Waals surface area contributed by atoms with Crippen LogP contribution < -0.4 is 4.90 Å². The second kappa shape index (κ2) is 3.61. The van der Waals surface area contributed by atoms with Gasteiger partial charge in [-0.05, 0) is 18.6 Å². The number of aromatic nitrogens is 1. The number of aryl methyl sites for hydroxylation is 1. The molecule has 0 aromatic carbocycles. The Morgan fingerprint density at radius 1 is 1.64 bits per heavy atom. The van der Waals surface area contributed by atoms with Gasteiger partial charge in [-0.1, -0.05) is 6.07 Å². The van der Waals surface area contributed by atoms with Crippen molar-refractivity contribution in [2.45, 2.75) is 18.6 Å². The van der Waals surface area contributed by atoms with Crippen LogP contribution in [0.2, 0.25) is 0 Å². The number of pyridine rings is 1. The number of hydrogen-bond acceptors (Lipinski definition) is 3. The fourth-order valence-corrected chi connectivity index (χ4v) is 1.97. The van der Waals surface area contributed by atoms with Crippen LogP contribution in [0, 0.1) is 6.92 Å². The van der Waals surface area contributed by atoms with Crippen molar-refractivity contribution in [2.75, 3.05) is 11.4 Å². The van der Waals surface area contributed by atoms with Crippen molar-refractivity contribution < 1.29 is 4.79 Å². The summed E-state index contributed by atoms with van der Waals surface area (Å²) in [6, 6.07) is 3.83. The third kappa shape index (κ3) is 1.62. The van der Waals surface area contributed by atoms with Gasteiger partial charge in [-0.3, -0.25) is 9.69 Å². The molecule has 0 radical (unpaired) electrons. The molecule has 3 nitrogen and oxygen atoms in total. The molecule has 1 aromatic heterocycles. The molecule has 74 valence electrons. The molecule has 1 aromatic rings. The minimum atomic E-state index is 0.117. The molecule has 1 saturated heterocycles. The van der Waals surface area contributed by atoms with Crippen LogP contribution in [0.1, 0.15) is 12.0 Å². The Labute approximate surface area is 88.5 Å². The van der Waals surface area contributed by atoms with Crippen LogP contribution in [0.3, 0.4) is 0 Å². The zero-order chi connectivity index (χ0) is 10.1. The first kappa shape index (κ1) is 9.52. The van der Waals surface area contributed by atoms with Crippen molar-refractivity contribution in [1.82, 2.24) is 4.98 Å². The molecular weight excluding hydrogens is 196 g/mol. The van der Waals surface area contributed by atoms with Gasteiger partial charge in [-0.15, -0.1) is 0 Å². The van der Waals surface area contributed by atoms with Crippen LogP contribution >= 0.6 is 12.6 Å². The summed E-state index contributed by atoms with van der Waals surface area (Å²) in [5.41, 5.74) is 1.03. The van der Waals surface area contributed by atoms with Crippen molar-refractivity contribution in [3.63, 3.8) is 0 Å². The van der Waals surface area contributed by atoms with Gasteiger partial charge in [-0.25, -0.2) is 4.98 Å². The molecule has 2 rings (SSSR count). The van der Waals surface area contributed by atoms with E-state index in [9.17, 15) is 4.79 Å². The molecule has 0 saturated carbocycles. The van der Waals surface area contributed by atoms with Crippen LogP contribution in [0.5, 0.6) is 0 Å². The molecule has 1 atom stereocenters. The standard InChI is InChI=1S/C10H12N2OS/c1-7-3-2-4-11-10(7)12-6-8(14)5-9(12)13/h2-4,8,14H,5-6H2,1H3. The lowest BCUT2D eigenvalue weighted by Gasteiger charge is -2.16. The molecule has 2 heterocycles. The van der Waals surface area contributed by atoms with Gasteiger partial charge in [0, 0.05) is 24.4 Å². The molecule has 1 amide bonds. The molecule has 14 heavy (non-hydrogen) atoms. The van der Waals surface area contributed by atoms with Crippen molar-refractivity contribution in [3.05, 3.63) is 23.9 Å². The van der Waals surface area contributed by atoms with Gasteiger partial charge in [0.15, 0.2) is 0 Å². The highest BCUT2D eigenvalue weighted by Gasteiger charge is 2.29. The highest BCUT2D eigenvalue weighted by Crippen LogP contribution is 2.24. The lowest BCUT2D eigenvalue weighted by atomic mass is 10.3. The first-order chi connectivity index (χ1) is 6.68. The van der Waals surface area contributed by atoms with E-state index in [4.69, 9.17) is 0 Å². The lowest BCUT2D eigenvalue weighted by molar-refractivity contribution is -0.117. The number of anilines is 1. The monoisotopic (exact) mass is 208 g/mol. The second-order valence-electron chi connectivity index (χ2n) is 3.51. The van der Waals surface area contributed by atoms with Gasteiger partial charge in [0.2, 0.25) is 5.91 Å². The summed E-state index contributed by atoms with van der Waals surface area (Å²) in [6.07, 6.45) is 2.22. The fourth-order valence-electron chi connectivity index (χ4n) is 1.65. The molecule has 1 unspecified atom stereocenters. The quantitative estimate of drug-likeness (QED) is 0.708. The van der Waals surface area contributed by atoms with E-state index in [0.717, 1.165) is 11.4 Å². The van der Waals surface area contributed by atoms with Crippen LogP contribution in [-0.2, 0) is 4.79 Å². The molecule has 1 fully saturated rings. The SMILES string of the molecule is Cc1cccnc1N1CC(S)CC1=O. The number of rotatable bonds is 1. The topological polar surface area (TPSA) is 33.2 Å². The highest BCUT2D eigenvalue weighted by molar-refractivity contribution is 7.81. The van der Waals surface area contributed by atoms with Gasteiger partial charge in [0.25, 0.3) is 0 Å². The molecule has 0 spiro atoms. The Morgan fingerprint density at radius 3 is 3.00 bits per heavy atom. The Bertz CT molecular complexity index is 367. The van der Waals surface area contributed by atoms with Crippen molar-refractivity contribution >= 4 is 24.4 Å². The summed E-state index contributed by atoms with van der Waals surface area (Å²) >= 11 is 4.31. The number of hydrogen-bond donors (Lipinski definition) is 1. The number of carbonyl (C=O) groups is 1. The third-order valence-corrected chi connectivity index (χ3v) is 2.69. The predicted octanol–water partition coefficient (Wildman–Crippen LogP) is 1.43. The Kier molecular flexibility index (Phi) is 2.46. The average molecular weight is 208 g/mol. The van der Waals surface area contributed by atoms with E-state index >= 15 is 0 Å². The van der Waals surface area contributed by atoms with E-state index < -0.39 is 0 Å². The zero-order valence-corrected chi connectivity index (χ0v) is 8.87. The average Bonchev–Trinajstić information content (AvgIpc) is 2.46. The molecule has 0 bridgehead atoms. The van der Waals surface area contributed by atoms with Crippen molar-refractivity contribution in [2.24, 2.45) is 0 Å². The van der Waals surface area contributed by atoms with Gasteiger partial charge < -0.3 is 0 Å². The van der Waals surface area contributed by atoms with Gasteiger partial charge in [0.1, 0.15) is 5.82 Å². The first-order valence-corrected chi connectivity index (χ1v) is 5.10. The van der Waals surface area contributed by atoms with Gasteiger partial charge in [-0.2, -0.15) is 12.6 Å². The second-order valence-corrected chi connectivity index (χ2v) is 4.24. The summed E-state index contributed by atoms with van der Waals surface area (Å²) in [5.74, 6) is 0.890. The Morgan fingerprint density at radius 2 is 2.43 bits per heavy atom. The molecule has 4 heteroatoms.